The summed E-state index contributed by atoms with van der Waals surface area (Å²) in [5.41, 5.74) is 3.74. The maximum Gasteiger partial charge on any atom is 0.257 e. The molecule has 2 aliphatic rings. The van der Waals surface area contributed by atoms with Crippen molar-refractivity contribution in [3.8, 4) is 0 Å². The van der Waals surface area contributed by atoms with Crippen LogP contribution in [0.2, 0.25) is 0 Å². The van der Waals surface area contributed by atoms with Crippen LogP contribution in [-0.2, 0) is 4.79 Å². The Hall–Kier alpha value is -2.53. The van der Waals surface area contributed by atoms with Gasteiger partial charge in [0.05, 0.1) is 18.3 Å². The van der Waals surface area contributed by atoms with Gasteiger partial charge < -0.3 is 0 Å². The highest BCUT2D eigenvalue weighted by molar-refractivity contribution is 6.03. The van der Waals surface area contributed by atoms with E-state index >= 15 is 0 Å². The quantitative estimate of drug-likeness (QED) is 0.764. The van der Waals surface area contributed by atoms with E-state index in [0.717, 1.165) is 54.3 Å². The van der Waals surface area contributed by atoms with E-state index in [4.69, 9.17) is 0 Å². The van der Waals surface area contributed by atoms with Gasteiger partial charge in [-0.3, -0.25) is 9.69 Å². The highest BCUT2D eigenvalue weighted by Gasteiger charge is 2.34. The summed E-state index contributed by atoms with van der Waals surface area (Å²) in [6.07, 6.45) is 2.86. The average molecular weight is 394 g/mol. The maximum atomic E-state index is 13.8. The lowest BCUT2D eigenvalue weighted by molar-refractivity contribution is -0.134. The van der Waals surface area contributed by atoms with Crippen LogP contribution < -0.4 is 0 Å². The molecule has 5 heteroatoms. The molecule has 1 fully saturated rings. The van der Waals surface area contributed by atoms with Crippen molar-refractivity contribution >= 4 is 11.6 Å². The predicted molar refractivity (Wildman–Crippen MR) is 113 cm³/mol. The van der Waals surface area contributed by atoms with Crippen LogP contribution in [0.1, 0.15) is 48.9 Å². The average Bonchev–Trinajstić information content (AvgIpc) is 3.15. The molecule has 152 valence electrons. The Balaban J connectivity index is 1.60. The zero-order chi connectivity index (χ0) is 20.4. The fourth-order valence-corrected chi connectivity index (χ4v) is 4.27. The van der Waals surface area contributed by atoms with Crippen LogP contribution in [0.4, 0.5) is 4.39 Å². The number of hydrogen-bond donors (Lipinski definition) is 0. The first-order chi connectivity index (χ1) is 14.0. The van der Waals surface area contributed by atoms with Crippen LogP contribution >= 0.6 is 0 Å². The van der Waals surface area contributed by atoms with Crippen LogP contribution in [0.15, 0.2) is 53.6 Å². The lowest BCUT2D eigenvalue weighted by Gasteiger charge is -2.31. The third-order valence-corrected chi connectivity index (χ3v) is 6.11. The van der Waals surface area contributed by atoms with E-state index in [9.17, 15) is 9.18 Å². The summed E-state index contributed by atoms with van der Waals surface area (Å²) in [6.45, 7) is 6.62. The number of halogens is 1. The van der Waals surface area contributed by atoms with Crippen molar-refractivity contribution in [2.45, 2.75) is 39.2 Å². The minimum atomic E-state index is -0.287. The Morgan fingerprint density at radius 2 is 1.90 bits per heavy atom. The largest absolute Gasteiger partial charge is 0.294 e. The van der Waals surface area contributed by atoms with Gasteiger partial charge in [-0.15, -0.1) is 0 Å². The van der Waals surface area contributed by atoms with E-state index < -0.39 is 0 Å². The molecule has 29 heavy (non-hydrogen) atoms. The van der Waals surface area contributed by atoms with Gasteiger partial charge >= 0.3 is 0 Å². The van der Waals surface area contributed by atoms with E-state index in [1.54, 1.807) is 11.1 Å². The lowest BCUT2D eigenvalue weighted by atomic mass is 9.95. The molecule has 0 saturated carbocycles. The molecule has 0 aliphatic carbocycles. The standard InChI is InChI=1S/C24H28FN3O/c1-17-10-12-27(13-11-17)16-24(29)28-23(21-9-4-3-6-18(21)2)15-22(26-28)19-7-5-8-20(25)14-19/h3-9,14,17,23H,10-13,15-16H2,1-2H3. The first-order valence-electron chi connectivity index (χ1n) is 10.4. The van der Waals surface area contributed by atoms with Crippen LogP contribution in [-0.4, -0.2) is 41.2 Å². The number of likely N-dealkylation sites (tertiary alicyclic amines) is 1. The fourth-order valence-electron chi connectivity index (χ4n) is 4.27. The van der Waals surface area contributed by atoms with Crippen molar-refractivity contribution in [2.24, 2.45) is 11.0 Å². The molecule has 2 aliphatic heterocycles. The van der Waals surface area contributed by atoms with Gasteiger partial charge in [-0.2, -0.15) is 5.10 Å². The number of rotatable bonds is 4. The van der Waals surface area contributed by atoms with Gasteiger partial charge in [-0.25, -0.2) is 9.40 Å². The summed E-state index contributed by atoms with van der Waals surface area (Å²) in [5, 5.41) is 6.33. The third kappa shape index (κ3) is 4.40. The topological polar surface area (TPSA) is 35.9 Å². The van der Waals surface area contributed by atoms with E-state index in [0.29, 0.717) is 13.0 Å². The molecule has 2 aromatic rings. The van der Waals surface area contributed by atoms with Gasteiger partial charge in [0, 0.05) is 12.0 Å². The maximum absolute atomic E-state index is 13.8. The molecule has 0 N–H and O–H groups in total. The molecule has 1 amide bonds. The van der Waals surface area contributed by atoms with E-state index in [1.807, 2.05) is 18.2 Å². The van der Waals surface area contributed by atoms with Crippen molar-refractivity contribution in [3.63, 3.8) is 0 Å². The van der Waals surface area contributed by atoms with E-state index in [-0.39, 0.29) is 17.8 Å². The second-order valence-electron chi connectivity index (χ2n) is 8.33. The van der Waals surface area contributed by atoms with Gasteiger partial charge in [0.15, 0.2) is 0 Å². The summed E-state index contributed by atoms with van der Waals surface area (Å²) in [6, 6.07) is 14.4. The number of carbonyl (C=O) groups is 1. The Morgan fingerprint density at radius 3 is 2.62 bits per heavy atom. The number of amides is 1. The molecule has 0 spiro atoms. The van der Waals surface area contributed by atoms with Gasteiger partial charge in [0.25, 0.3) is 5.91 Å². The minimum Gasteiger partial charge on any atom is -0.294 e. The first-order valence-corrected chi connectivity index (χ1v) is 10.4. The Morgan fingerprint density at radius 1 is 1.14 bits per heavy atom. The molecule has 0 aromatic heterocycles. The van der Waals surface area contributed by atoms with Crippen LogP contribution in [0.5, 0.6) is 0 Å². The Bertz CT molecular complexity index is 918. The Labute approximate surface area is 172 Å². The zero-order valence-corrected chi connectivity index (χ0v) is 17.1. The number of piperidine rings is 1. The third-order valence-electron chi connectivity index (χ3n) is 6.11. The molecular formula is C24H28FN3O. The van der Waals surface area contributed by atoms with Crippen molar-refractivity contribution in [3.05, 3.63) is 71.0 Å². The normalized spacial score (nSPS) is 20.7. The number of aryl methyl sites for hydroxylation is 1. The smallest absolute Gasteiger partial charge is 0.257 e. The summed E-state index contributed by atoms with van der Waals surface area (Å²) < 4.78 is 13.8. The monoisotopic (exact) mass is 393 g/mol. The number of hydrazone groups is 1. The molecule has 2 heterocycles. The molecule has 4 rings (SSSR count). The predicted octanol–water partition coefficient (Wildman–Crippen LogP) is 4.54. The van der Waals surface area contributed by atoms with Crippen molar-refractivity contribution in [1.82, 2.24) is 9.91 Å². The van der Waals surface area contributed by atoms with E-state index in [1.165, 1.54) is 12.1 Å². The molecule has 0 bridgehead atoms. The molecule has 2 aromatic carbocycles. The SMILES string of the molecule is Cc1ccccc1C1CC(c2cccc(F)c2)=NN1C(=O)CN1CCC(C)CC1. The number of carbonyl (C=O) groups excluding carboxylic acids is 1. The van der Waals surface area contributed by atoms with Crippen LogP contribution in [0, 0.1) is 18.7 Å². The van der Waals surface area contributed by atoms with Crippen LogP contribution in [0.3, 0.4) is 0 Å². The van der Waals surface area contributed by atoms with Crippen molar-refractivity contribution in [2.75, 3.05) is 19.6 Å². The molecule has 1 unspecified atom stereocenters. The molecule has 0 radical (unpaired) electrons. The summed E-state index contributed by atoms with van der Waals surface area (Å²) in [4.78, 5) is 15.5. The number of benzene rings is 2. The summed E-state index contributed by atoms with van der Waals surface area (Å²) in [5.74, 6) is 0.453. The first kappa shape index (κ1) is 19.8. The molecule has 1 saturated heterocycles. The zero-order valence-electron chi connectivity index (χ0n) is 17.1. The second-order valence-corrected chi connectivity index (χ2v) is 8.33. The Kier molecular flexibility index (Phi) is 5.76. The number of nitrogens with zero attached hydrogens (tertiary/aromatic N) is 3. The van der Waals surface area contributed by atoms with Crippen molar-refractivity contribution < 1.29 is 9.18 Å². The van der Waals surface area contributed by atoms with E-state index in [2.05, 4.69) is 36.0 Å². The second kappa shape index (κ2) is 8.46. The minimum absolute atomic E-state index is 0.0132. The van der Waals surface area contributed by atoms with Gasteiger partial charge in [-0.1, -0.05) is 43.3 Å². The lowest BCUT2D eigenvalue weighted by Crippen LogP contribution is -2.41. The summed E-state index contributed by atoms with van der Waals surface area (Å²) >= 11 is 0. The van der Waals surface area contributed by atoms with Gasteiger partial charge in [0.1, 0.15) is 5.82 Å². The highest BCUT2D eigenvalue weighted by Crippen LogP contribution is 2.34. The van der Waals surface area contributed by atoms with Crippen molar-refractivity contribution in [1.29, 1.82) is 0 Å². The molecule has 1 atom stereocenters. The molecular weight excluding hydrogens is 365 g/mol. The van der Waals surface area contributed by atoms with Crippen LogP contribution in [0.25, 0.3) is 0 Å². The summed E-state index contributed by atoms with van der Waals surface area (Å²) in [7, 11) is 0. The highest BCUT2D eigenvalue weighted by atomic mass is 19.1. The fraction of sp³-hybridized carbons (Fsp3) is 0.417. The number of hydrogen-bond acceptors (Lipinski definition) is 3. The van der Waals surface area contributed by atoms with Gasteiger partial charge in [0.2, 0.25) is 0 Å². The van der Waals surface area contributed by atoms with Gasteiger partial charge in [-0.05, 0) is 62.0 Å². The molecule has 4 nitrogen and oxygen atoms in total.